The predicted molar refractivity (Wildman–Crippen MR) is 116 cm³/mol. The lowest BCUT2D eigenvalue weighted by molar-refractivity contribution is -0.192. The highest BCUT2D eigenvalue weighted by molar-refractivity contribution is 6.31. The maximum atomic E-state index is 12.6. The van der Waals surface area contributed by atoms with E-state index in [2.05, 4.69) is 20.9 Å². The van der Waals surface area contributed by atoms with Gasteiger partial charge in [-0.15, -0.1) is 0 Å². The molecule has 0 saturated carbocycles. The molecule has 4 N–H and O–H groups in total. The van der Waals surface area contributed by atoms with Crippen LogP contribution < -0.4 is 16.0 Å². The Kier molecular flexibility index (Phi) is 8.94. The molecule has 0 aliphatic carbocycles. The van der Waals surface area contributed by atoms with Gasteiger partial charge in [-0.1, -0.05) is 23.7 Å². The molecular formula is C21H20ClF3N4O4. The average molecular weight is 485 g/mol. The van der Waals surface area contributed by atoms with Gasteiger partial charge in [-0.3, -0.25) is 9.59 Å². The first-order valence-corrected chi connectivity index (χ1v) is 9.90. The van der Waals surface area contributed by atoms with Crippen molar-refractivity contribution in [2.45, 2.75) is 19.5 Å². The fourth-order valence-corrected chi connectivity index (χ4v) is 2.74. The highest BCUT2D eigenvalue weighted by Crippen LogP contribution is 2.23. The quantitative estimate of drug-likeness (QED) is 0.524. The maximum Gasteiger partial charge on any atom is 0.490 e. The minimum atomic E-state index is -5.08. The van der Waals surface area contributed by atoms with Gasteiger partial charge in [0.1, 0.15) is 5.82 Å². The van der Waals surface area contributed by atoms with Gasteiger partial charge in [0.2, 0.25) is 0 Å². The second-order valence-corrected chi connectivity index (χ2v) is 7.24. The summed E-state index contributed by atoms with van der Waals surface area (Å²) in [6.07, 6.45) is -0.918. The maximum absolute atomic E-state index is 12.6. The fraction of sp³-hybridized carbons (Fsp3) is 0.238. The molecule has 1 aliphatic heterocycles. The number of hydrogen-bond donors (Lipinski definition) is 4. The molecule has 2 heterocycles. The molecule has 1 aromatic carbocycles. The minimum Gasteiger partial charge on any atom is -0.475 e. The highest BCUT2D eigenvalue weighted by atomic mass is 35.5. The van der Waals surface area contributed by atoms with E-state index in [0.29, 0.717) is 35.1 Å². The standard InChI is InChI=1S/C19H19ClN4O2.C2HF3O2/c1-12-2-5-17(22-11-12)24-19(26)15-10-14(20)3-4-16(15)23-18(25)13-6-8-21-9-7-13;3-2(4,5)1(6)7/h2-6,10-11,21H,7-9H2,1H3,(H,23,25)(H,22,24,26);(H,6,7). The number of aryl methyl sites for hydroxylation is 1. The number of aliphatic carboxylic acids is 1. The van der Waals surface area contributed by atoms with Crippen LogP contribution in [0.25, 0.3) is 0 Å². The summed E-state index contributed by atoms with van der Waals surface area (Å²) in [5.74, 6) is -2.93. The van der Waals surface area contributed by atoms with Crippen LogP contribution in [0.4, 0.5) is 24.7 Å². The molecule has 0 spiro atoms. The van der Waals surface area contributed by atoms with Crippen LogP contribution in [0.5, 0.6) is 0 Å². The lowest BCUT2D eigenvalue weighted by Gasteiger charge is -2.16. The number of amides is 2. The molecule has 0 saturated heterocycles. The van der Waals surface area contributed by atoms with Gasteiger partial charge in [0.05, 0.1) is 11.3 Å². The minimum absolute atomic E-state index is 0.212. The van der Waals surface area contributed by atoms with E-state index in [1.165, 1.54) is 6.07 Å². The molecule has 0 radical (unpaired) electrons. The largest absolute Gasteiger partial charge is 0.490 e. The summed E-state index contributed by atoms with van der Waals surface area (Å²) in [4.78, 5) is 38.1. The molecule has 8 nitrogen and oxygen atoms in total. The number of aromatic nitrogens is 1. The van der Waals surface area contributed by atoms with Crippen molar-refractivity contribution in [1.29, 1.82) is 0 Å². The van der Waals surface area contributed by atoms with Crippen molar-refractivity contribution < 1.29 is 32.7 Å². The zero-order chi connectivity index (χ0) is 24.6. The smallest absolute Gasteiger partial charge is 0.475 e. The lowest BCUT2D eigenvalue weighted by Crippen LogP contribution is -2.27. The monoisotopic (exact) mass is 484 g/mol. The summed E-state index contributed by atoms with van der Waals surface area (Å²) in [5, 5.41) is 16.2. The van der Waals surface area contributed by atoms with Crippen LogP contribution in [0.1, 0.15) is 22.3 Å². The van der Waals surface area contributed by atoms with Crippen molar-refractivity contribution in [3.8, 4) is 0 Å². The number of rotatable bonds is 4. The Labute approximate surface area is 191 Å². The number of halogens is 4. The molecule has 1 aromatic heterocycles. The number of carboxylic acid groups (broad SMARTS) is 1. The Hall–Kier alpha value is -3.44. The van der Waals surface area contributed by atoms with E-state index in [1.807, 2.05) is 19.1 Å². The summed E-state index contributed by atoms with van der Waals surface area (Å²) in [6.45, 7) is 3.33. The number of nitrogens with one attached hydrogen (secondary N) is 3. The number of benzene rings is 1. The van der Waals surface area contributed by atoms with Gasteiger partial charge in [0.15, 0.2) is 0 Å². The molecule has 176 valence electrons. The van der Waals surface area contributed by atoms with E-state index in [9.17, 15) is 22.8 Å². The molecule has 12 heteroatoms. The van der Waals surface area contributed by atoms with E-state index in [4.69, 9.17) is 21.5 Å². The molecule has 1 aliphatic rings. The van der Waals surface area contributed by atoms with Crippen molar-refractivity contribution in [3.63, 3.8) is 0 Å². The second-order valence-electron chi connectivity index (χ2n) is 6.81. The Morgan fingerprint density at radius 1 is 1.12 bits per heavy atom. The first-order chi connectivity index (χ1) is 15.5. The summed E-state index contributed by atoms with van der Waals surface area (Å²) in [6, 6.07) is 8.36. The van der Waals surface area contributed by atoms with E-state index >= 15 is 0 Å². The molecular weight excluding hydrogens is 465 g/mol. The van der Waals surface area contributed by atoms with Crippen LogP contribution in [0, 0.1) is 6.92 Å². The van der Waals surface area contributed by atoms with E-state index < -0.39 is 18.1 Å². The molecule has 0 atom stereocenters. The van der Waals surface area contributed by atoms with Crippen molar-refractivity contribution in [2.75, 3.05) is 23.7 Å². The topological polar surface area (TPSA) is 120 Å². The van der Waals surface area contributed by atoms with Crippen molar-refractivity contribution >= 4 is 40.9 Å². The van der Waals surface area contributed by atoms with Crippen LogP contribution in [0.15, 0.2) is 48.2 Å². The molecule has 0 fully saturated rings. The number of alkyl halides is 3. The van der Waals surface area contributed by atoms with Crippen molar-refractivity contribution in [3.05, 3.63) is 64.3 Å². The number of carboxylic acids is 1. The average Bonchev–Trinajstić information content (AvgIpc) is 2.77. The summed E-state index contributed by atoms with van der Waals surface area (Å²) in [7, 11) is 0. The zero-order valence-electron chi connectivity index (χ0n) is 17.3. The van der Waals surface area contributed by atoms with Crippen LogP contribution in [-0.4, -0.2) is 47.1 Å². The normalized spacial score (nSPS) is 13.2. The number of carbonyl (C=O) groups excluding carboxylic acids is 2. The van der Waals surface area contributed by atoms with Crippen molar-refractivity contribution in [1.82, 2.24) is 10.3 Å². The molecule has 2 amide bonds. The van der Waals surface area contributed by atoms with E-state index in [1.54, 1.807) is 24.4 Å². The number of carbonyl (C=O) groups is 3. The third-order valence-corrected chi connectivity index (χ3v) is 4.46. The first kappa shape index (κ1) is 25.8. The van der Waals surface area contributed by atoms with Crippen LogP contribution in [0.2, 0.25) is 5.02 Å². The fourth-order valence-electron chi connectivity index (χ4n) is 2.57. The van der Waals surface area contributed by atoms with Gasteiger partial charge in [0.25, 0.3) is 11.8 Å². The summed E-state index contributed by atoms with van der Waals surface area (Å²) >= 11 is 6.04. The van der Waals surface area contributed by atoms with Gasteiger partial charge in [-0.25, -0.2) is 9.78 Å². The van der Waals surface area contributed by atoms with Crippen LogP contribution in [0.3, 0.4) is 0 Å². The Bertz CT molecular complexity index is 1060. The van der Waals surface area contributed by atoms with Gasteiger partial charge < -0.3 is 21.1 Å². The third-order valence-electron chi connectivity index (χ3n) is 4.23. The summed E-state index contributed by atoms with van der Waals surface area (Å²) < 4.78 is 31.7. The first-order valence-electron chi connectivity index (χ1n) is 9.52. The number of nitrogens with zero attached hydrogens (tertiary/aromatic N) is 1. The highest BCUT2D eigenvalue weighted by Gasteiger charge is 2.38. The van der Waals surface area contributed by atoms with Gasteiger partial charge >= 0.3 is 12.1 Å². The van der Waals surface area contributed by atoms with Crippen LogP contribution in [-0.2, 0) is 9.59 Å². The third kappa shape index (κ3) is 8.20. The zero-order valence-corrected chi connectivity index (χ0v) is 18.0. The summed E-state index contributed by atoms with van der Waals surface area (Å²) in [5.41, 5.74) is 2.38. The number of hydrogen-bond acceptors (Lipinski definition) is 5. The van der Waals surface area contributed by atoms with E-state index in [0.717, 1.165) is 12.1 Å². The van der Waals surface area contributed by atoms with Gasteiger partial charge in [-0.2, -0.15) is 13.2 Å². The Morgan fingerprint density at radius 2 is 1.82 bits per heavy atom. The second kappa shape index (κ2) is 11.4. The molecule has 2 aromatic rings. The van der Waals surface area contributed by atoms with E-state index in [-0.39, 0.29) is 11.5 Å². The number of pyridine rings is 1. The van der Waals surface area contributed by atoms with Gasteiger partial charge in [0, 0.05) is 23.3 Å². The molecule has 33 heavy (non-hydrogen) atoms. The van der Waals surface area contributed by atoms with Gasteiger partial charge in [-0.05, 0) is 49.7 Å². The number of anilines is 2. The molecule has 0 unspecified atom stereocenters. The Morgan fingerprint density at radius 3 is 2.36 bits per heavy atom. The van der Waals surface area contributed by atoms with Crippen LogP contribution >= 0.6 is 11.6 Å². The molecule has 0 bridgehead atoms. The lowest BCUT2D eigenvalue weighted by atomic mass is 10.1. The SMILES string of the molecule is Cc1ccc(NC(=O)c2cc(Cl)ccc2NC(=O)C2=CCNCC2)nc1.O=C(O)C(F)(F)F. The molecule has 3 rings (SSSR count). The Balaban J connectivity index is 0.000000479. The van der Waals surface area contributed by atoms with Crippen molar-refractivity contribution in [2.24, 2.45) is 0 Å². The predicted octanol–water partition coefficient (Wildman–Crippen LogP) is 3.79.